The van der Waals surface area contributed by atoms with Crippen molar-refractivity contribution in [2.45, 2.75) is 65.2 Å². The number of nitrogens with one attached hydrogen (secondary N) is 1. The number of ether oxygens (including phenoxy) is 1. The number of carboxylic acid groups (broad SMARTS) is 1. The molecular weight excluding hydrogens is 647 g/mol. The third-order valence-electron chi connectivity index (χ3n) is 9.53. The molecular formula is C36H41FN6O5S. The lowest BCUT2D eigenvalue weighted by Gasteiger charge is -2.31. The number of sulfone groups is 1. The smallest absolute Gasteiger partial charge is 0.306 e. The Morgan fingerprint density at radius 2 is 1.96 bits per heavy atom. The van der Waals surface area contributed by atoms with Gasteiger partial charge in [-0.05, 0) is 55.2 Å². The number of aromatic amines is 1. The van der Waals surface area contributed by atoms with E-state index in [-0.39, 0.29) is 29.4 Å². The average molecular weight is 689 g/mol. The third-order valence-corrected chi connectivity index (χ3v) is 11.6. The summed E-state index contributed by atoms with van der Waals surface area (Å²) in [6.07, 6.45) is 5.37. The predicted octanol–water partition coefficient (Wildman–Crippen LogP) is 6.42. The number of nitrogens with zero attached hydrogens (tertiary/aromatic N) is 5. The van der Waals surface area contributed by atoms with Gasteiger partial charge in [0.1, 0.15) is 11.4 Å². The average Bonchev–Trinajstić information content (AvgIpc) is 3.66. The molecule has 6 rings (SSSR count). The number of aliphatic carboxylic acids is 1. The number of aryl methyl sites for hydroxylation is 2. The van der Waals surface area contributed by atoms with Crippen LogP contribution in [0.25, 0.3) is 22.4 Å². The van der Waals surface area contributed by atoms with Gasteiger partial charge in [-0.3, -0.25) is 4.79 Å². The fourth-order valence-corrected chi connectivity index (χ4v) is 8.84. The van der Waals surface area contributed by atoms with Crippen LogP contribution >= 0.6 is 0 Å². The lowest BCUT2D eigenvalue weighted by molar-refractivity contribution is -0.141. The Morgan fingerprint density at radius 3 is 2.73 bits per heavy atom. The SMILES string of the molecule is C[C@@H](Cc1cccc([C@@]2(C)CCCC(C)(C)CS(=O)(=O)CCc3c(c(F)cc4[nH]ccc34)Oc3cnnc(c3)-c3nc2nn3C)c1)C(=O)O. The van der Waals surface area contributed by atoms with Crippen LogP contribution in [0.1, 0.15) is 69.5 Å². The molecule has 11 nitrogen and oxygen atoms in total. The monoisotopic (exact) mass is 688 g/mol. The van der Waals surface area contributed by atoms with Crippen LogP contribution in [-0.2, 0) is 39.9 Å². The molecule has 1 aliphatic heterocycles. The summed E-state index contributed by atoms with van der Waals surface area (Å²) in [6, 6.07) is 12.6. The molecule has 2 atom stereocenters. The zero-order chi connectivity index (χ0) is 35.1. The first-order valence-corrected chi connectivity index (χ1v) is 18.2. The van der Waals surface area contributed by atoms with Gasteiger partial charge in [0.25, 0.3) is 0 Å². The zero-order valence-corrected chi connectivity index (χ0v) is 29.1. The van der Waals surface area contributed by atoms with Gasteiger partial charge in [-0.1, -0.05) is 51.5 Å². The molecule has 0 saturated carbocycles. The second kappa shape index (κ2) is 13.0. The van der Waals surface area contributed by atoms with Crippen molar-refractivity contribution in [1.82, 2.24) is 29.9 Å². The van der Waals surface area contributed by atoms with E-state index >= 15 is 4.39 Å². The van der Waals surface area contributed by atoms with Crippen molar-refractivity contribution in [3.8, 4) is 23.0 Å². The highest BCUT2D eigenvalue weighted by Crippen LogP contribution is 2.40. The number of carbonyl (C=O) groups is 1. The molecule has 49 heavy (non-hydrogen) atoms. The number of aromatic nitrogens is 6. The number of halogens is 1. The van der Waals surface area contributed by atoms with Crippen LogP contribution in [-0.4, -0.2) is 60.9 Å². The van der Waals surface area contributed by atoms with Gasteiger partial charge >= 0.3 is 5.97 Å². The molecule has 0 saturated heterocycles. The highest BCUT2D eigenvalue weighted by atomic mass is 32.2. The lowest BCUT2D eigenvalue weighted by atomic mass is 9.75. The minimum atomic E-state index is -3.56. The molecule has 2 aromatic carbocycles. The van der Waals surface area contributed by atoms with E-state index in [1.807, 2.05) is 38.1 Å². The number of fused-ring (bicyclic) bond motifs is 8. The van der Waals surface area contributed by atoms with Crippen LogP contribution in [0, 0.1) is 17.2 Å². The molecule has 4 heterocycles. The Kier molecular flexibility index (Phi) is 9.08. The molecule has 0 aliphatic carbocycles. The van der Waals surface area contributed by atoms with Crippen LogP contribution in [0.4, 0.5) is 4.39 Å². The summed E-state index contributed by atoms with van der Waals surface area (Å²) in [4.78, 5) is 19.6. The molecule has 258 valence electrons. The van der Waals surface area contributed by atoms with E-state index in [0.29, 0.717) is 59.5 Å². The van der Waals surface area contributed by atoms with Crippen LogP contribution < -0.4 is 4.74 Å². The molecule has 5 aromatic rings. The number of carboxylic acids is 1. The number of H-pyrrole nitrogens is 1. The third kappa shape index (κ3) is 7.22. The van der Waals surface area contributed by atoms with Gasteiger partial charge in [0.15, 0.2) is 33.1 Å². The van der Waals surface area contributed by atoms with E-state index in [2.05, 4.69) is 22.1 Å². The quantitative estimate of drug-likeness (QED) is 0.218. The summed E-state index contributed by atoms with van der Waals surface area (Å²) < 4.78 is 50.6. The van der Waals surface area contributed by atoms with Gasteiger partial charge in [-0.15, -0.1) is 5.10 Å². The summed E-state index contributed by atoms with van der Waals surface area (Å²) in [5.74, 6) is -1.16. The molecule has 0 spiro atoms. The van der Waals surface area contributed by atoms with Crippen LogP contribution in [0.3, 0.4) is 0 Å². The van der Waals surface area contributed by atoms with Crippen molar-refractivity contribution < 1.29 is 27.4 Å². The molecule has 2 N–H and O–H groups in total. The van der Waals surface area contributed by atoms with E-state index in [4.69, 9.17) is 14.8 Å². The molecule has 13 heteroatoms. The van der Waals surface area contributed by atoms with Gasteiger partial charge in [0.2, 0.25) is 0 Å². The molecule has 4 bridgehead atoms. The largest absolute Gasteiger partial charge is 0.481 e. The Labute approximate surface area is 284 Å². The Bertz CT molecular complexity index is 2140. The highest BCUT2D eigenvalue weighted by molar-refractivity contribution is 7.91. The first-order valence-electron chi connectivity index (χ1n) is 16.4. The molecule has 0 fully saturated rings. The molecule has 1 aliphatic rings. The van der Waals surface area contributed by atoms with Gasteiger partial charge < -0.3 is 14.8 Å². The second-order valence-electron chi connectivity index (χ2n) is 14.2. The van der Waals surface area contributed by atoms with Crippen molar-refractivity contribution in [3.63, 3.8) is 0 Å². The van der Waals surface area contributed by atoms with E-state index < -0.39 is 38.4 Å². The summed E-state index contributed by atoms with van der Waals surface area (Å²) in [5, 5.41) is 23.5. The van der Waals surface area contributed by atoms with Gasteiger partial charge in [-0.25, -0.2) is 22.5 Å². The Morgan fingerprint density at radius 1 is 1.16 bits per heavy atom. The van der Waals surface area contributed by atoms with E-state index in [1.165, 1.54) is 12.3 Å². The highest BCUT2D eigenvalue weighted by Gasteiger charge is 2.36. The number of rotatable bonds is 4. The molecule has 3 aromatic heterocycles. The molecule has 0 amide bonds. The first kappa shape index (κ1) is 34.2. The Hall–Kier alpha value is -4.65. The van der Waals surface area contributed by atoms with Crippen molar-refractivity contribution >= 4 is 26.7 Å². The fraction of sp³-hybridized carbons (Fsp3) is 0.417. The topological polar surface area (TPSA) is 153 Å². The normalized spacial score (nSPS) is 20.0. The molecule has 0 unspecified atom stereocenters. The number of hydrogen-bond acceptors (Lipinski definition) is 8. The van der Waals surface area contributed by atoms with E-state index in [9.17, 15) is 18.3 Å². The van der Waals surface area contributed by atoms with Gasteiger partial charge in [-0.2, -0.15) is 10.2 Å². The van der Waals surface area contributed by atoms with Crippen molar-refractivity contribution in [2.24, 2.45) is 18.4 Å². The van der Waals surface area contributed by atoms with Crippen molar-refractivity contribution in [1.29, 1.82) is 0 Å². The van der Waals surface area contributed by atoms with Crippen molar-refractivity contribution in [3.05, 3.63) is 83.2 Å². The maximum atomic E-state index is 15.6. The Balaban J connectivity index is 1.47. The van der Waals surface area contributed by atoms with Gasteiger partial charge in [0, 0.05) is 41.8 Å². The minimum absolute atomic E-state index is 0.0370. The lowest BCUT2D eigenvalue weighted by Crippen LogP contribution is -2.29. The number of benzene rings is 2. The van der Waals surface area contributed by atoms with E-state index in [0.717, 1.165) is 11.1 Å². The second-order valence-corrected chi connectivity index (χ2v) is 16.4. The predicted molar refractivity (Wildman–Crippen MR) is 184 cm³/mol. The maximum absolute atomic E-state index is 15.6. The zero-order valence-electron chi connectivity index (χ0n) is 28.3. The summed E-state index contributed by atoms with van der Waals surface area (Å²) in [6.45, 7) is 7.65. The van der Waals surface area contributed by atoms with E-state index in [1.54, 1.807) is 37.0 Å². The van der Waals surface area contributed by atoms with Crippen LogP contribution in [0.2, 0.25) is 0 Å². The van der Waals surface area contributed by atoms with Gasteiger partial charge in [0.05, 0.1) is 29.0 Å². The maximum Gasteiger partial charge on any atom is 0.306 e. The van der Waals surface area contributed by atoms with Crippen molar-refractivity contribution in [2.75, 3.05) is 11.5 Å². The minimum Gasteiger partial charge on any atom is -0.481 e. The fourth-order valence-electron chi connectivity index (χ4n) is 6.84. The summed E-state index contributed by atoms with van der Waals surface area (Å²) >= 11 is 0. The standard InChI is InChI=1S/C36H41FN6O5S/c1-22(33(44)45)16-23-8-6-9-24(17-23)36(4)13-7-12-35(2,3)21-49(46,47)15-11-27-26-10-14-38-29(26)19-28(37)31(27)48-25-18-30(41-39-20-25)32-40-34(36)42-43(32)5/h6,8-10,14,17-20,22,38H,7,11-13,15-16,21H2,1-5H3,(H,44,45)/t22-,36+/m0/s1. The van der Waals surface area contributed by atoms with Crippen LogP contribution in [0.15, 0.2) is 54.9 Å². The first-order chi connectivity index (χ1) is 23.1. The van der Waals surface area contributed by atoms with Crippen LogP contribution in [0.5, 0.6) is 11.5 Å². The molecule has 0 radical (unpaired) electrons. The summed E-state index contributed by atoms with van der Waals surface area (Å²) in [5.41, 5.74) is 1.90. The number of hydrogen-bond donors (Lipinski definition) is 2. The summed E-state index contributed by atoms with van der Waals surface area (Å²) in [7, 11) is -1.80.